The summed E-state index contributed by atoms with van der Waals surface area (Å²) >= 11 is 0. The Morgan fingerprint density at radius 2 is 2.36 bits per heavy atom. The van der Waals surface area contributed by atoms with Crippen LogP contribution in [0.15, 0.2) is 0 Å². The van der Waals surface area contributed by atoms with Crippen molar-refractivity contribution in [3.05, 3.63) is 10.1 Å². The summed E-state index contributed by atoms with van der Waals surface area (Å²) in [5.41, 5.74) is 5.32. The van der Waals surface area contributed by atoms with E-state index in [1.807, 2.05) is 0 Å². The first-order valence-electron chi connectivity index (χ1n) is 3.28. The summed E-state index contributed by atoms with van der Waals surface area (Å²) in [6.45, 7) is 0. The topological polar surface area (TPSA) is 98.3 Å². The zero-order chi connectivity index (χ0) is 8.43. The van der Waals surface area contributed by atoms with Crippen molar-refractivity contribution in [2.24, 2.45) is 5.73 Å². The van der Waals surface area contributed by atoms with E-state index in [4.69, 9.17) is 5.73 Å². The van der Waals surface area contributed by atoms with E-state index in [2.05, 4.69) is 5.32 Å². The van der Waals surface area contributed by atoms with E-state index in [0.717, 1.165) is 0 Å². The molecular weight excluding hydrogens is 150 g/mol. The largest absolute Gasteiger partial charge is 0.341 e. The molecule has 0 bridgehead atoms. The molecule has 2 atom stereocenters. The summed E-state index contributed by atoms with van der Waals surface area (Å²) in [6, 6.07) is -0.807. The Balaban J connectivity index is 2.56. The normalized spacial score (nSPS) is 31.2. The van der Waals surface area contributed by atoms with Crippen LogP contribution in [-0.4, -0.2) is 23.0 Å². The smallest absolute Gasteiger partial charge is 0.228 e. The van der Waals surface area contributed by atoms with E-state index in [1.165, 1.54) is 0 Å². The van der Waals surface area contributed by atoms with E-state index in [0.29, 0.717) is 0 Å². The van der Waals surface area contributed by atoms with E-state index in [1.54, 1.807) is 0 Å². The highest BCUT2D eigenvalue weighted by Gasteiger charge is 2.31. The number of piperidine rings is 1. The van der Waals surface area contributed by atoms with E-state index < -0.39 is 17.1 Å². The molecule has 0 spiro atoms. The van der Waals surface area contributed by atoms with Gasteiger partial charge in [-0.3, -0.25) is 14.9 Å². The van der Waals surface area contributed by atoms with Gasteiger partial charge in [0, 0.05) is 11.3 Å². The van der Waals surface area contributed by atoms with Gasteiger partial charge in [-0.25, -0.2) is 0 Å². The molecule has 0 aromatic carbocycles. The predicted octanol–water partition coefficient (Wildman–Crippen LogP) is -1.17. The number of nitro groups is 1. The van der Waals surface area contributed by atoms with Crippen LogP contribution >= 0.6 is 0 Å². The van der Waals surface area contributed by atoms with E-state index in [9.17, 15) is 14.9 Å². The first-order chi connectivity index (χ1) is 5.09. The zero-order valence-electron chi connectivity index (χ0n) is 5.82. The van der Waals surface area contributed by atoms with Crippen LogP contribution in [0, 0.1) is 10.1 Å². The van der Waals surface area contributed by atoms with Crippen molar-refractivity contribution >= 4 is 5.91 Å². The third-order valence-corrected chi connectivity index (χ3v) is 1.59. The Hall–Kier alpha value is -1.17. The second kappa shape index (κ2) is 2.83. The molecule has 0 saturated carbocycles. The van der Waals surface area contributed by atoms with Gasteiger partial charge >= 0.3 is 0 Å². The maximum Gasteiger partial charge on any atom is 0.228 e. The number of hydrogen-bond acceptors (Lipinski definition) is 4. The number of rotatable bonds is 1. The lowest BCUT2D eigenvalue weighted by Crippen LogP contribution is -2.51. The Kier molecular flexibility index (Phi) is 2.04. The van der Waals surface area contributed by atoms with Gasteiger partial charge < -0.3 is 11.1 Å². The number of nitrogens with zero attached hydrogens (tertiary/aromatic N) is 1. The number of amides is 1. The third-order valence-electron chi connectivity index (χ3n) is 1.59. The Labute approximate surface area is 62.9 Å². The average Bonchev–Trinajstić information content (AvgIpc) is 1.85. The fraction of sp³-hybridized carbons (Fsp3) is 0.800. The molecule has 62 valence electrons. The third kappa shape index (κ3) is 1.87. The van der Waals surface area contributed by atoms with Crippen LogP contribution in [0.1, 0.15) is 12.8 Å². The molecule has 0 aliphatic carbocycles. The summed E-state index contributed by atoms with van der Waals surface area (Å²) < 4.78 is 0. The van der Waals surface area contributed by atoms with Crippen molar-refractivity contribution < 1.29 is 9.72 Å². The fourth-order valence-corrected chi connectivity index (χ4v) is 1.08. The molecule has 1 aliphatic rings. The van der Waals surface area contributed by atoms with Gasteiger partial charge in [-0.1, -0.05) is 0 Å². The monoisotopic (exact) mass is 159 g/mol. The van der Waals surface area contributed by atoms with Crippen LogP contribution in [0.4, 0.5) is 0 Å². The lowest BCUT2D eigenvalue weighted by Gasteiger charge is -2.21. The molecule has 6 nitrogen and oxygen atoms in total. The molecule has 1 fully saturated rings. The van der Waals surface area contributed by atoms with Gasteiger partial charge in [0.2, 0.25) is 11.9 Å². The van der Waals surface area contributed by atoms with Gasteiger partial charge in [-0.15, -0.1) is 0 Å². The predicted molar refractivity (Wildman–Crippen MR) is 36.1 cm³/mol. The number of nitrogens with one attached hydrogen (secondary N) is 1. The maximum absolute atomic E-state index is 10.7. The highest BCUT2D eigenvalue weighted by Crippen LogP contribution is 2.09. The number of hydrogen-bond donors (Lipinski definition) is 2. The van der Waals surface area contributed by atoms with Gasteiger partial charge in [-0.2, -0.15) is 0 Å². The van der Waals surface area contributed by atoms with Crippen molar-refractivity contribution in [3.8, 4) is 0 Å². The molecule has 1 amide bonds. The SMILES string of the molecule is NC1CC([N+](=O)[O-])CC(=O)N1. The van der Waals surface area contributed by atoms with Crippen LogP contribution in [0.3, 0.4) is 0 Å². The highest BCUT2D eigenvalue weighted by atomic mass is 16.6. The summed E-state index contributed by atoms with van der Waals surface area (Å²) in [5.74, 6) is -0.342. The van der Waals surface area contributed by atoms with Crippen molar-refractivity contribution in [2.75, 3.05) is 0 Å². The van der Waals surface area contributed by atoms with Crippen LogP contribution in [-0.2, 0) is 4.79 Å². The molecule has 3 N–H and O–H groups in total. The molecule has 0 radical (unpaired) electrons. The maximum atomic E-state index is 10.7. The lowest BCUT2D eigenvalue weighted by molar-refractivity contribution is -0.524. The molecule has 1 rings (SSSR count). The van der Waals surface area contributed by atoms with Crippen molar-refractivity contribution in [1.29, 1.82) is 0 Å². The number of carbonyl (C=O) groups is 1. The van der Waals surface area contributed by atoms with Crippen molar-refractivity contribution in [2.45, 2.75) is 25.0 Å². The molecule has 1 aliphatic heterocycles. The molecule has 0 aromatic rings. The summed E-state index contributed by atoms with van der Waals surface area (Å²) in [4.78, 5) is 20.4. The second-order valence-electron chi connectivity index (χ2n) is 2.55. The van der Waals surface area contributed by atoms with Crippen LogP contribution in [0.2, 0.25) is 0 Å². The Bertz CT molecular complexity index is 193. The van der Waals surface area contributed by atoms with Crippen LogP contribution < -0.4 is 11.1 Å². The summed E-state index contributed by atoms with van der Waals surface area (Å²) in [5, 5.41) is 12.6. The Morgan fingerprint density at radius 3 is 2.82 bits per heavy atom. The summed E-state index contributed by atoms with van der Waals surface area (Å²) in [7, 11) is 0. The van der Waals surface area contributed by atoms with Crippen LogP contribution in [0.25, 0.3) is 0 Å². The molecule has 1 heterocycles. The molecular formula is C5H9N3O3. The molecule has 11 heavy (non-hydrogen) atoms. The molecule has 2 unspecified atom stereocenters. The Morgan fingerprint density at radius 1 is 1.73 bits per heavy atom. The van der Waals surface area contributed by atoms with Crippen molar-refractivity contribution in [3.63, 3.8) is 0 Å². The van der Waals surface area contributed by atoms with Gasteiger partial charge in [0.1, 0.15) is 0 Å². The minimum absolute atomic E-state index is 0.0549. The first kappa shape index (κ1) is 7.93. The van der Waals surface area contributed by atoms with Gasteiger partial charge in [-0.05, 0) is 0 Å². The van der Waals surface area contributed by atoms with E-state index >= 15 is 0 Å². The second-order valence-corrected chi connectivity index (χ2v) is 2.55. The highest BCUT2D eigenvalue weighted by molar-refractivity contribution is 5.77. The quantitative estimate of drug-likeness (QED) is 0.372. The van der Waals surface area contributed by atoms with Gasteiger partial charge in [0.05, 0.1) is 12.6 Å². The van der Waals surface area contributed by atoms with Crippen LogP contribution in [0.5, 0.6) is 0 Å². The fourth-order valence-electron chi connectivity index (χ4n) is 1.08. The van der Waals surface area contributed by atoms with E-state index in [-0.39, 0.29) is 18.7 Å². The van der Waals surface area contributed by atoms with Gasteiger partial charge in [0.25, 0.3) is 0 Å². The first-order valence-corrected chi connectivity index (χ1v) is 3.28. The number of carbonyl (C=O) groups excluding carboxylic acids is 1. The number of nitrogens with two attached hydrogens (primary N) is 1. The minimum Gasteiger partial charge on any atom is -0.341 e. The lowest BCUT2D eigenvalue weighted by atomic mass is 10.1. The molecule has 0 aromatic heterocycles. The molecule has 1 saturated heterocycles. The standard InChI is InChI=1S/C5H9N3O3/c6-4-1-3(8(10)11)2-5(9)7-4/h3-4H,1-2,6H2,(H,7,9). The average molecular weight is 159 g/mol. The zero-order valence-corrected chi connectivity index (χ0v) is 5.82. The summed E-state index contributed by atoms with van der Waals surface area (Å²) in [6.07, 6.45) is -0.397. The van der Waals surface area contributed by atoms with Gasteiger partial charge in [0.15, 0.2) is 0 Å². The van der Waals surface area contributed by atoms with Crippen molar-refractivity contribution in [1.82, 2.24) is 5.32 Å². The molecule has 6 heteroatoms. The minimum atomic E-state index is -0.807.